The molecule has 0 unspecified atom stereocenters. The second-order valence-corrected chi connectivity index (χ2v) is 8.02. The van der Waals surface area contributed by atoms with Gasteiger partial charge >= 0.3 is 0 Å². The number of hydrogen-bond donors (Lipinski definition) is 1. The molecule has 2 aromatic carbocycles. The van der Waals surface area contributed by atoms with Gasteiger partial charge in [0.2, 0.25) is 10.0 Å². The van der Waals surface area contributed by atoms with E-state index >= 15 is 0 Å². The fraction of sp³-hybridized carbons (Fsp3) is 0.200. The van der Waals surface area contributed by atoms with Crippen molar-refractivity contribution in [3.63, 3.8) is 0 Å². The van der Waals surface area contributed by atoms with Crippen LogP contribution in [0, 0.1) is 20.8 Å². The molecule has 1 N–H and O–H groups in total. The van der Waals surface area contributed by atoms with Crippen LogP contribution in [0.3, 0.4) is 0 Å². The number of benzene rings is 2. The predicted octanol–water partition coefficient (Wildman–Crippen LogP) is 3.55. The summed E-state index contributed by atoms with van der Waals surface area (Å²) in [6.45, 7) is 5.79. The van der Waals surface area contributed by atoms with E-state index < -0.39 is 10.0 Å². The molecular weight excluding hydrogens is 346 g/mol. The first-order valence-electron chi connectivity index (χ1n) is 8.31. The second-order valence-electron chi connectivity index (χ2n) is 6.29. The van der Waals surface area contributed by atoms with Gasteiger partial charge in [-0.25, -0.2) is 23.1 Å². The van der Waals surface area contributed by atoms with Crippen LogP contribution in [0.4, 0.5) is 0 Å². The first kappa shape index (κ1) is 18.2. The monoisotopic (exact) mass is 367 g/mol. The molecular formula is C20H21N3O2S. The van der Waals surface area contributed by atoms with E-state index in [2.05, 4.69) is 14.7 Å². The Labute approximate surface area is 154 Å². The van der Waals surface area contributed by atoms with Crippen LogP contribution >= 0.6 is 0 Å². The molecule has 0 spiro atoms. The average Bonchev–Trinajstić information content (AvgIpc) is 2.64. The molecule has 0 fully saturated rings. The molecule has 1 heterocycles. The van der Waals surface area contributed by atoms with E-state index in [-0.39, 0.29) is 6.54 Å². The Kier molecular flexibility index (Phi) is 5.15. The highest BCUT2D eigenvalue weighted by molar-refractivity contribution is 7.89. The van der Waals surface area contributed by atoms with E-state index in [0.717, 1.165) is 27.9 Å². The van der Waals surface area contributed by atoms with Crippen LogP contribution in [-0.4, -0.2) is 18.4 Å². The highest BCUT2D eigenvalue weighted by Gasteiger charge is 2.18. The van der Waals surface area contributed by atoms with Crippen molar-refractivity contribution in [2.45, 2.75) is 32.2 Å². The minimum Gasteiger partial charge on any atom is -0.240 e. The topological polar surface area (TPSA) is 72.0 Å². The Hall–Kier alpha value is -2.57. The van der Waals surface area contributed by atoms with Crippen molar-refractivity contribution in [3.05, 3.63) is 77.2 Å². The quantitative estimate of drug-likeness (QED) is 0.749. The molecule has 6 heteroatoms. The predicted molar refractivity (Wildman–Crippen MR) is 102 cm³/mol. The van der Waals surface area contributed by atoms with Gasteiger partial charge in [-0.3, -0.25) is 0 Å². The molecule has 0 aliphatic rings. The molecule has 0 amide bonds. The van der Waals surface area contributed by atoms with Gasteiger partial charge in [-0.05, 0) is 49.6 Å². The molecule has 0 saturated carbocycles. The highest BCUT2D eigenvalue weighted by atomic mass is 32.2. The molecule has 0 saturated heterocycles. The van der Waals surface area contributed by atoms with Crippen LogP contribution in [0.15, 0.2) is 59.8 Å². The van der Waals surface area contributed by atoms with E-state index in [4.69, 9.17) is 0 Å². The molecule has 3 aromatic rings. The van der Waals surface area contributed by atoms with Crippen LogP contribution in [-0.2, 0) is 16.6 Å². The maximum Gasteiger partial charge on any atom is 0.241 e. The Balaban J connectivity index is 1.82. The van der Waals surface area contributed by atoms with Gasteiger partial charge in [-0.2, -0.15) is 0 Å². The maximum absolute atomic E-state index is 12.7. The molecule has 26 heavy (non-hydrogen) atoms. The molecule has 0 aliphatic carbocycles. The van der Waals surface area contributed by atoms with Crippen molar-refractivity contribution in [2.24, 2.45) is 0 Å². The fourth-order valence-corrected chi connectivity index (χ4v) is 4.04. The smallest absolute Gasteiger partial charge is 0.240 e. The van der Waals surface area contributed by atoms with E-state index in [1.807, 2.05) is 50.2 Å². The minimum atomic E-state index is -3.62. The van der Waals surface area contributed by atoms with Crippen molar-refractivity contribution >= 4 is 10.0 Å². The van der Waals surface area contributed by atoms with E-state index in [0.29, 0.717) is 10.6 Å². The van der Waals surface area contributed by atoms with Gasteiger partial charge in [0, 0.05) is 5.56 Å². The minimum absolute atomic E-state index is 0.108. The second kappa shape index (κ2) is 7.35. The van der Waals surface area contributed by atoms with E-state index in [1.54, 1.807) is 19.1 Å². The number of hydrogen-bond acceptors (Lipinski definition) is 4. The normalized spacial score (nSPS) is 11.5. The van der Waals surface area contributed by atoms with Gasteiger partial charge in [0.15, 0.2) is 0 Å². The lowest BCUT2D eigenvalue weighted by Gasteiger charge is -2.12. The number of rotatable bonds is 5. The summed E-state index contributed by atoms with van der Waals surface area (Å²) in [5, 5.41) is 0. The summed E-state index contributed by atoms with van der Waals surface area (Å²) in [5.74, 6) is 0. The number of aryl methyl sites for hydroxylation is 3. The molecule has 3 rings (SSSR count). The zero-order chi connectivity index (χ0) is 18.7. The lowest BCUT2D eigenvalue weighted by atomic mass is 10.1. The first-order valence-corrected chi connectivity index (χ1v) is 9.79. The highest BCUT2D eigenvalue weighted by Crippen LogP contribution is 2.20. The number of nitrogens with one attached hydrogen (secondary N) is 1. The van der Waals surface area contributed by atoms with Gasteiger partial charge in [0.1, 0.15) is 6.33 Å². The molecule has 0 atom stereocenters. The van der Waals surface area contributed by atoms with Crippen molar-refractivity contribution in [2.75, 3.05) is 0 Å². The third-order valence-electron chi connectivity index (χ3n) is 4.32. The Bertz CT molecular complexity index is 1030. The summed E-state index contributed by atoms with van der Waals surface area (Å²) in [4.78, 5) is 8.74. The molecule has 5 nitrogen and oxygen atoms in total. The summed E-state index contributed by atoms with van der Waals surface area (Å²) in [5.41, 5.74) is 5.09. The van der Waals surface area contributed by atoms with Crippen molar-refractivity contribution < 1.29 is 8.42 Å². The van der Waals surface area contributed by atoms with Crippen LogP contribution < -0.4 is 4.72 Å². The summed E-state index contributed by atoms with van der Waals surface area (Å²) < 4.78 is 28.0. The fourth-order valence-electron chi connectivity index (χ4n) is 2.73. The van der Waals surface area contributed by atoms with Gasteiger partial charge in [-0.1, -0.05) is 36.4 Å². The van der Waals surface area contributed by atoms with Gasteiger partial charge in [-0.15, -0.1) is 0 Å². The summed E-state index contributed by atoms with van der Waals surface area (Å²) >= 11 is 0. The molecule has 134 valence electrons. The van der Waals surface area contributed by atoms with Gasteiger partial charge in [0.05, 0.1) is 22.8 Å². The van der Waals surface area contributed by atoms with Crippen LogP contribution in [0.5, 0.6) is 0 Å². The van der Waals surface area contributed by atoms with Crippen molar-refractivity contribution in [1.29, 1.82) is 0 Å². The summed E-state index contributed by atoms with van der Waals surface area (Å²) in [6, 6.07) is 15.1. The molecule has 0 aliphatic heterocycles. The lowest BCUT2D eigenvalue weighted by Crippen LogP contribution is -2.24. The standard InChI is InChI=1S/C20H21N3O2S/c1-14-9-16(3)20(10-15(14)2)26(24,25)23-12-18-11-19(22-13-21-18)17-7-5-4-6-8-17/h4-11,13,23H,12H2,1-3H3. The first-order chi connectivity index (χ1) is 12.4. The van der Waals surface area contributed by atoms with Crippen LogP contribution in [0.2, 0.25) is 0 Å². The summed E-state index contributed by atoms with van der Waals surface area (Å²) in [7, 11) is -3.62. The molecule has 1 aromatic heterocycles. The SMILES string of the molecule is Cc1cc(C)c(S(=O)(=O)NCc2cc(-c3ccccc3)ncn2)cc1C. The van der Waals surface area contributed by atoms with E-state index in [1.165, 1.54) is 6.33 Å². The van der Waals surface area contributed by atoms with Gasteiger partial charge < -0.3 is 0 Å². The maximum atomic E-state index is 12.7. The zero-order valence-corrected chi connectivity index (χ0v) is 15.8. The number of sulfonamides is 1. The largest absolute Gasteiger partial charge is 0.241 e. The third-order valence-corrected chi connectivity index (χ3v) is 5.86. The summed E-state index contributed by atoms with van der Waals surface area (Å²) in [6.07, 6.45) is 1.45. The molecule has 0 radical (unpaired) electrons. The van der Waals surface area contributed by atoms with Crippen molar-refractivity contribution in [1.82, 2.24) is 14.7 Å². The average molecular weight is 367 g/mol. The Morgan fingerprint density at radius 3 is 2.31 bits per heavy atom. The zero-order valence-electron chi connectivity index (χ0n) is 15.0. The van der Waals surface area contributed by atoms with E-state index in [9.17, 15) is 8.42 Å². The number of aromatic nitrogens is 2. The lowest BCUT2D eigenvalue weighted by molar-refractivity contribution is 0.579. The Morgan fingerprint density at radius 2 is 1.58 bits per heavy atom. The van der Waals surface area contributed by atoms with Crippen molar-refractivity contribution in [3.8, 4) is 11.3 Å². The van der Waals surface area contributed by atoms with Crippen LogP contribution in [0.25, 0.3) is 11.3 Å². The third kappa shape index (κ3) is 3.98. The Morgan fingerprint density at radius 1 is 0.885 bits per heavy atom. The van der Waals surface area contributed by atoms with Gasteiger partial charge in [0.25, 0.3) is 0 Å². The van der Waals surface area contributed by atoms with Crippen LogP contribution in [0.1, 0.15) is 22.4 Å². The molecule has 0 bridgehead atoms. The number of nitrogens with zero attached hydrogens (tertiary/aromatic N) is 2.